The van der Waals surface area contributed by atoms with Gasteiger partial charge in [-0.25, -0.2) is 4.39 Å². The predicted molar refractivity (Wildman–Crippen MR) is 75.1 cm³/mol. The lowest BCUT2D eigenvalue weighted by atomic mass is 10.1. The lowest BCUT2D eigenvalue weighted by Gasteiger charge is -2.13. The Bertz CT molecular complexity index is 578. The summed E-state index contributed by atoms with van der Waals surface area (Å²) in [5.74, 6) is 0.0165. The van der Waals surface area contributed by atoms with Crippen LogP contribution in [0.2, 0.25) is 0 Å². The third kappa shape index (κ3) is 3.70. The third-order valence-corrected chi connectivity index (χ3v) is 3.15. The zero-order valence-electron chi connectivity index (χ0n) is 11.7. The summed E-state index contributed by atoms with van der Waals surface area (Å²) in [7, 11) is 0. The first kappa shape index (κ1) is 14.3. The van der Waals surface area contributed by atoms with E-state index in [1.165, 1.54) is 12.1 Å². The highest BCUT2D eigenvalue weighted by Gasteiger charge is 2.14. The smallest absolute Gasteiger partial charge is 0.254 e. The van der Waals surface area contributed by atoms with Crippen LogP contribution in [-0.4, -0.2) is 11.9 Å². The molecule has 0 aliphatic rings. The second-order valence-corrected chi connectivity index (χ2v) is 4.98. The molecule has 2 rings (SSSR count). The van der Waals surface area contributed by atoms with E-state index in [9.17, 15) is 9.18 Å². The molecule has 3 nitrogen and oxygen atoms in total. The van der Waals surface area contributed by atoms with E-state index in [1.807, 2.05) is 19.1 Å². The first-order valence-corrected chi connectivity index (χ1v) is 6.65. The summed E-state index contributed by atoms with van der Waals surface area (Å²) < 4.78 is 18.9. The van der Waals surface area contributed by atoms with Crippen LogP contribution in [0.25, 0.3) is 0 Å². The van der Waals surface area contributed by atoms with Crippen molar-refractivity contribution in [2.24, 2.45) is 0 Å². The van der Waals surface area contributed by atoms with E-state index in [0.717, 1.165) is 24.2 Å². The molecule has 0 aliphatic heterocycles. The average molecular weight is 275 g/mol. The summed E-state index contributed by atoms with van der Waals surface area (Å²) in [4.78, 5) is 12.0. The molecule has 1 amide bonds. The minimum Gasteiger partial charge on any atom is -0.469 e. The lowest BCUT2D eigenvalue weighted by Crippen LogP contribution is -2.33. The zero-order valence-corrected chi connectivity index (χ0v) is 11.7. The molecule has 106 valence electrons. The normalized spacial score (nSPS) is 12.2. The van der Waals surface area contributed by atoms with Gasteiger partial charge in [-0.15, -0.1) is 0 Å². The van der Waals surface area contributed by atoms with Gasteiger partial charge in [-0.05, 0) is 50.1 Å². The Balaban J connectivity index is 1.90. The first-order chi connectivity index (χ1) is 9.56. The summed E-state index contributed by atoms with van der Waals surface area (Å²) in [6.45, 7) is 3.68. The van der Waals surface area contributed by atoms with Crippen LogP contribution in [0.15, 0.2) is 41.0 Å². The molecule has 2 aromatic rings. The van der Waals surface area contributed by atoms with Crippen LogP contribution in [0.1, 0.15) is 35.0 Å². The Morgan fingerprint density at radius 1 is 1.40 bits per heavy atom. The van der Waals surface area contributed by atoms with Gasteiger partial charge in [0.15, 0.2) is 0 Å². The van der Waals surface area contributed by atoms with Crippen molar-refractivity contribution in [1.29, 1.82) is 0 Å². The summed E-state index contributed by atoms with van der Waals surface area (Å²) in [5.41, 5.74) is 0.880. The quantitative estimate of drug-likeness (QED) is 0.907. The number of halogens is 1. The number of amides is 1. The highest BCUT2D eigenvalue weighted by atomic mass is 19.1. The SMILES string of the molecule is Cc1ccc(C(=O)NC(C)CCc2ccco2)c(F)c1. The Morgan fingerprint density at radius 3 is 2.85 bits per heavy atom. The maximum atomic E-state index is 13.7. The average Bonchev–Trinajstić information content (AvgIpc) is 2.89. The first-order valence-electron chi connectivity index (χ1n) is 6.65. The molecular formula is C16H18FNO2. The zero-order chi connectivity index (χ0) is 14.5. The summed E-state index contributed by atoms with van der Waals surface area (Å²) in [6, 6.07) is 8.29. The Labute approximate surface area is 117 Å². The van der Waals surface area contributed by atoms with Crippen molar-refractivity contribution < 1.29 is 13.6 Å². The number of aryl methyl sites for hydroxylation is 2. The molecular weight excluding hydrogens is 257 g/mol. The molecule has 20 heavy (non-hydrogen) atoms. The van der Waals surface area contributed by atoms with Gasteiger partial charge in [0, 0.05) is 12.5 Å². The van der Waals surface area contributed by atoms with E-state index < -0.39 is 5.82 Å². The van der Waals surface area contributed by atoms with E-state index in [4.69, 9.17) is 4.42 Å². The number of hydrogen-bond acceptors (Lipinski definition) is 2. The van der Waals surface area contributed by atoms with Crippen molar-refractivity contribution in [1.82, 2.24) is 5.32 Å². The van der Waals surface area contributed by atoms with E-state index in [-0.39, 0.29) is 17.5 Å². The maximum absolute atomic E-state index is 13.7. The molecule has 0 radical (unpaired) electrons. The highest BCUT2D eigenvalue weighted by molar-refractivity contribution is 5.94. The van der Waals surface area contributed by atoms with Gasteiger partial charge < -0.3 is 9.73 Å². The second kappa shape index (κ2) is 6.37. The molecule has 0 fully saturated rings. The summed E-state index contributed by atoms with van der Waals surface area (Å²) in [5, 5.41) is 2.80. The molecule has 1 aromatic carbocycles. The molecule has 4 heteroatoms. The number of carbonyl (C=O) groups excluding carboxylic acids is 1. The van der Waals surface area contributed by atoms with Gasteiger partial charge in [-0.3, -0.25) is 4.79 Å². The van der Waals surface area contributed by atoms with Gasteiger partial charge in [-0.1, -0.05) is 6.07 Å². The van der Waals surface area contributed by atoms with Gasteiger partial charge in [0.1, 0.15) is 11.6 Å². The number of furan rings is 1. The van der Waals surface area contributed by atoms with Crippen LogP contribution in [-0.2, 0) is 6.42 Å². The topological polar surface area (TPSA) is 42.2 Å². The van der Waals surface area contributed by atoms with Crippen LogP contribution in [0.3, 0.4) is 0 Å². The monoisotopic (exact) mass is 275 g/mol. The fourth-order valence-corrected chi connectivity index (χ4v) is 1.99. The predicted octanol–water partition coefficient (Wildman–Crippen LogP) is 3.48. The van der Waals surface area contributed by atoms with Gasteiger partial charge in [0.05, 0.1) is 11.8 Å². The molecule has 1 heterocycles. The minimum atomic E-state index is -0.485. The van der Waals surface area contributed by atoms with Crippen molar-refractivity contribution in [2.45, 2.75) is 32.7 Å². The molecule has 1 N–H and O–H groups in total. The number of hydrogen-bond donors (Lipinski definition) is 1. The van der Waals surface area contributed by atoms with E-state index in [1.54, 1.807) is 19.3 Å². The summed E-state index contributed by atoms with van der Waals surface area (Å²) in [6.07, 6.45) is 3.11. The highest BCUT2D eigenvalue weighted by Crippen LogP contribution is 2.11. The number of rotatable bonds is 5. The summed E-state index contributed by atoms with van der Waals surface area (Å²) >= 11 is 0. The second-order valence-electron chi connectivity index (χ2n) is 4.98. The van der Waals surface area contributed by atoms with Crippen molar-refractivity contribution in [3.63, 3.8) is 0 Å². The van der Waals surface area contributed by atoms with E-state index in [0.29, 0.717) is 0 Å². The van der Waals surface area contributed by atoms with Crippen molar-refractivity contribution >= 4 is 5.91 Å². The van der Waals surface area contributed by atoms with Crippen molar-refractivity contribution in [2.75, 3.05) is 0 Å². The molecule has 1 atom stereocenters. The molecule has 0 saturated heterocycles. The standard InChI is InChI=1S/C16H18FNO2/c1-11-5-8-14(15(17)10-11)16(19)18-12(2)6-7-13-4-3-9-20-13/h3-5,8-10,12H,6-7H2,1-2H3,(H,18,19). The van der Waals surface area contributed by atoms with Gasteiger partial charge in [-0.2, -0.15) is 0 Å². The third-order valence-electron chi connectivity index (χ3n) is 3.15. The fraction of sp³-hybridized carbons (Fsp3) is 0.312. The van der Waals surface area contributed by atoms with Crippen molar-refractivity contribution in [3.8, 4) is 0 Å². The largest absolute Gasteiger partial charge is 0.469 e. The molecule has 0 aliphatic carbocycles. The van der Waals surface area contributed by atoms with Crippen LogP contribution in [0.4, 0.5) is 4.39 Å². The Morgan fingerprint density at radius 2 is 2.20 bits per heavy atom. The molecule has 0 saturated carbocycles. The van der Waals surface area contributed by atoms with Crippen LogP contribution in [0.5, 0.6) is 0 Å². The van der Waals surface area contributed by atoms with Crippen LogP contribution >= 0.6 is 0 Å². The molecule has 1 aromatic heterocycles. The minimum absolute atomic E-state index is 0.0479. The fourth-order valence-electron chi connectivity index (χ4n) is 1.99. The lowest BCUT2D eigenvalue weighted by molar-refractivity contribution is 0.0934. The number of carbonyl (C=O) groups is 1. The molecule has 1 unspecified atom stereocenters. The molecule has 0 bridgehead atoms. The Kier molecular flexibility index (Phi) is 4.56. The number of benzene rings is 1. The number of nitrogens with one attached hydrogen (secondary N) is 1. The molecule has 0 spiro atoms. The maximum Gasteiger partial charge on any atom is 0.254 e. The Hall–Kier alpha value is -2.10. The van der Waals surface area contributed by atoms with E-state index >= 15 is 0 Å². The van der Waals surface area contributed by atoms with Crippen LogP contribution in [0, 0.1) is 12.7 Å². The van der Waals surface area contributed by atoms with Crippen LogP contribution < -0.4 is 5.32 Å². The van der Waals surface area contributed by atoms with Gasteiger partial charge >= 0.3 is 0 Å². The van der Waals surface area contributed by atoms with E-state index in [2.05, 4.69) is 5.32 Å². The van der Waals surface area contributed by atoms with Crippen molar-refractivity contribution in [3.05, 3.63) is 59.3 Å². The van der Waals surface area contributed by atoms with Gasteiger partial charge in [0.25, 0.3) is 5.91 Å². The van der Waals surface area contributed by atoms with Gasteiger partial charge in [0.2, 0.25) is 0 Å².